The van der Waals surface area contributed by atoms with Gasteiger partial charge in [-0.15, -0.1) is 0 Å². The van der Waals surface area contributed by atoms with Crippen molar-refractivity contribution < 1.29 is 4.79 Å². The lowest BCUT2D eigenvalue weighted by Crippen LogP contribution is -2.17. The standard InChI is InChI=1S/C29H27N7O/c1-17(2)29(37)34-23-10-22(13-31-14-23)20-7-8-26-24(11-20)28(36-35-26)19(4)33-27-16-32-15-25(18(27)3)21-6-5-9-30-12-21/h5-17H,1-4H3,(H,34,37)(H,35,36). The molecule has 2 N–H and O–H groups in total. The highest BCUT2D eigenvalue weighted by Gasteiger charge is 2.14. The van der Waals surface area contributed by atoms with Crippen LogP contribution < -0.4 is 5.32 Å². The summed E-state index contributed by atoms with van der Waals surface area (Å²) in [5, 5.41) is 11.5. The van der Waals surface area contributed by atoms with Gasteiger partial charge in [-0.3, -0.25) is 24.8 Å². The molecule has 0 saturated carbocycles. The minimum atomic E-state index is -0.111. The summed E-state index contributed by atoms with van der Waals surface area (Å²) in [6.07, 6.45) is 10.6. The molecule has 0 saturated heterocycles. The topological polar surface area (TPSA) is 109 Å². The largest absolute Gasteiger partial charge is 0.324 e. The molecule has 0 atom stereocenters. The molecule has 4 aromatic heterocycles. The van der Waals surface area contributed by atoms with E-state index in [2.05, 4.69) is 36.5 Å². The number of pyridine rings is 3. The highest BCUT2D eigenvalue weighted by molar-refractivity contribution is 6.09. The van der Waals surface area contributed by atoms with Gasteiger partial charge in [0.2, 0.25) is 5.91 Å². The van der Waals surface area contributed by atoms with Gasteiger partial charge in [-0.25, -0.2) is 4.99 Å². The van der Waals surface area contributed by atoms with Crippen LogP contribution in [0.3, 0.4) is 0 Å². The predicted molar refractivity (Wildman–Crippen MR) is 147 cm³/mol. The average Bonchev–Trinajstić information content (AvgIpc) is 3.34. The van der Waals surface area contributed by atoms with Crippen molar-refractivity contribution in [3.63, 3.8) is 0 Å². The molecule has 0 radical (unpaired) electrons. The van der Waals surface area contributed by atoms with Crippen LogP contribution >= 0.6 is 0 Å². The molecule has 0 spiro atoms. The first-order chi connectivity index (χ1) is 17.9. The smallest absolute Gasteiger partial charge is 0.226 e. The van der Waals surface area contributed by atoms with Gasteiger partial charge in [0, 0.05) is 52.8 Å². The fraction of sp³-hybridized carbons (Fsp3) is 0.172. The third-order valence-electron chi connectivity index (χ3n) is 6.22. The van der Waals surface area contributed by atoms with Gasteiger partial charge in [-0.2, -0.15) is 5.10 Å². The van der Waals surface area contributed by atoms with Crippen molar-refractivity contribution in [2.45, 2.75) is 27.7 Å². The highest BCUT2D eigenvalue weighted by atomic mass is 16.1. The van der Waals surface area contributed by atoms with E-state index in [1.807, 2.05) is 70.4 Å². The molecule has 0 aliphatic carbocycles. The second kappa shape index (κ2) is 10.1. The second-order valence-electron chi connectivity index (χ2n) is 9.21. The lowest BCUT2D eigenvalue weighted by molar-refractivity contribution is -0.118. The Morgan fingerprint density at radius 1 is 0.946 bits per heavy atom. The Balaban J connectivity index is 1.50. The number of H-pyrrole nitrogens is 1. The maximum Gasteiger partial charge on any atom is 0.226 e. The second-order valence-corrected chi connectivity index (χ2v) is 9.21. The number of fused-ring (bicyclic) bond motifs is 1. The number of amides is 1. The monoisotopic (exact) mass is 489 g/mol. The van der Waals surface area contributed by atoms with Crippen LogP contribution in [0.2, 0.25) is 0 Å². The fourth-order valence-corrected chi connectivity index (χ4v) is 4.10. The van der Waals surface area contributed by atoms with Gasteiger partial charge in [-0.1, -0.05) is 26.0 Å². The van der Waals surface area contributed by atoms with Crippen LogP contribution in [0.5, 0.6) is 0 Å². The maximum atomic E-state index is 12.1. The van der Waals surface area contributed by atoms with Crippen LogP contribution in [-0.2, 0) is 4.79 Å². The Kier molecular flexibility index (Phi) is 6.55. The zero-order chi connectivity index (χ0) is 25.9. The molecule has 0 bridgehead atoms. The SMILES string of the molecule is CC(=Nc1cncc(-c2cccnc2)c1C)c1n[nH]c2ccc(-c3cncc(NC(=O)C(C)C)c3)cc12. The number of aromatic amines is 1. The molecule has 184 valence electrons. The van der Waals surface area contributed by atoms with Crippen molar-refractivity contribution in [3.8, 4) is 22.3 Å². The molecule has 1 aromatic carbocycles. The summed E-state index contributed by atoms with van der Waals surface area (Å²) in [6.45, 7) is 7.70. The Hall–Kier alpha value is -4.72. The van der Waals surface area contributed by atoms with Gasteiger partial charge in [0.25, 0.3) is 0 Å². The quantitative estimate of drug-likeness (QED) is 0.279. The van der Waals surface area contributed by atoms with Crippen molar-refractivity contribution in [2.75, 3.05) is 5.32 Å². The van der Waals surface area contributed by atoms with E-state index >= 15 is 0 Å². The van der Waals surface area contributed by atoms with Crippen molar-refractivity contribution in [3.05, 3.63) is 84.8 Å². The number of anilines is 1. The van der Waals surface area contributed by atoms with Gasteiger partial charge >= 0.3 is 0 Å². The van der Waals surface area contributed by atoms with E-state index in [1.165, 1.54) is 0 Å². The van der Waals surface area contributed by atoms with Crippen LogP contribution in [-0.4, -0.2) is 36.8 Å². The first-order valence-corrected chi connectivity index (χ1v) is 12.1. The molecule has 0 fully saturated rings. The van der Waals surface area contributed by atoms with Crippen molar-refractivity contribution >= 4 is 33.9 Å². The molecule has 8 heteroatoms. The summed E-state index contributed by atoms with van der Waals surface area (Å²) in [6, 6.07) is 11.9. The first kappa shape index (κ1) is 24.0. The molecule has 5 rings (SSSR count). The molecular formula is C29H27N7O. The number of nitrogens with zero attached hydrogens (tertiary/aromatic N) is 5. The van der Waals surface area contributed by atoms with Gasteiger partial charge < -0.3 is 5.32 Å². The summed E-state index contributed by atoms with van der Waals surface area (Å²) in [7, 11) is 0. The number of aromatic nitrogens is 5. The van der Waals surface area contributed by atoms with Gasteiger partial charge in [0.15, 0.2) is 0 Å². The third-order valence-corrected chi connectivity index (χ3v) is 6.22. The minimum Gasteiger partial charge on any atom is -0.324 e. The molecule has 4 heterocycles. The van der Waals surface area contributed by atoms with Crippen molar-refractivity contribution in [1.29, 1.82) is 0 Å². The Bertz CT molecular complexity index is 1620. The number of aliphatic imine (C=N–C) groups is 1. The summed E-state index contributed by atoms with van der Waals surface area (Å²) in [5.41, 5.74) is 8.77. The normalized spacial score (nSPS) is 11.8. The number of carbonyl (C=O) groups excluding carboxylic acids is 1. The van der Waals surface area contributed by atoms with Crippen molar-refractivity contribution in [2.24, 2.45) is 10.9 Å². The molecule has 0 unspecified atom stereocenters. The molecule has 0 aliphatic rings. The molecule has 1 amide bonds. The van der Waals surface area contributed by atoms with E-state index in [1.54, 1.807) is 24.8 Å². The number of hydrogen-bond acceptors (Lipinski definition) is 6. The van der Waals surface area contributed by atoms with Crippen LogP contribution in [0.1, 0.15) is 32.0 Å². The van der Waals surface area contributed by atoms with E-state index in [4.69, 9.17) is 4.99 Å². The molecule has 5 aromatic rings. The van der Waals surface area contributed by atoms with Crippen LogP contribution in [0.25, 0.3) is 33.2 Å². The summed E-state index contributed by atoms with van der Waals surface area (Å²) in [4.78, 5) is 30.0. The molecule has 8 nitrogen and oxygen atoms in total. The van der Waals surface area contributed by atoms with Gasteiger partial charge in [0.1, 0.15) is 5.69 Å². The van der Waals surface area contributed by atoms with E-state index < -0.39 is 0 Å². The van der Waals surface area contributed by atoms with E-state index in [9.17, 15) is 4.79 Å². The van der Waals surface area contributed by atoms with E-state index in [0.717, 1.165) is 55.8 Å². The third kappa shape index (κ3) is 4.99. The number of nitrogens with one attached hydrogen (secondary N) is 2. The Labute approximate surface area is 215 Å². The number of benzene rings is 1. The summed E-state index contributed by atoms with van der Waals surface area (Å²) < 4.78 is 0. The maximum absolute atomic E-state index is 12.1. The molecule has 37 heavy (non-hydrogen) atoms. The van der Waals surface area contributed by atoms with Crippen LogP contribution in [0, 0.1) is 12.8 Å². The molecular weight excluding hydrogens is 462 g/mol. The zero-order valence-electron chi connectivity index (χ0n) is 21.1. The first-order valence-electron chi connectivity index (χ1n) is 12.1. The summed E-state index contributed by atoms with van der Waals surface area (Å²) >= 11 is 0. The van der Waals surface area contributed by atoms with Gasteiger partial charge in [-0.05, 0) is 49.2 Å². The van der Waals surface area contributed by atoms with E-state index in [0.29, 0.717) is 5.69 Å². The van der Waals surface area contributed by atoms with Crippen LogP contribution in [0.15, 0.2) is 78.6 Å². The molecule has 0 aliphatic heterocycles. The van der Waals surface area contributed by atoms with Gasteiger partial charge in [0.05, 0.1) is 35.0 Å². The lowest BCUT2D eigenvalue weighted by Gasteiger charge is -2.09. The minimum absolute atomic E-state index is 0.0456. The van der Waals surface area contributed by atoms with E-state index in [-0.39, 0.29) is 11.8 Å². The number of rotatable bonds is 6. The number of hydrogen-bond donors (Lipinski definition) is 2. The lowest BCUT2D eigenvalue weighted by atomic mass is 10.0. The zero-order valence-corrected chi connectivity index (χ0v) is 21.1. The Morgan fingerprint density at radius 3 is 2.54 bits per heavy atom. The fourth-order valence-electron chi connectivity index (χ4n) is 4.10. The van der Waals surface area contributed by atoms with Crippen LogP contribution in [0.4, 0.5) is 11.4 Å². The number of carbonyl (C=O) groups is 1. The average molecular weight is 490 g/mol. The Morgan fingerprint density at radius 2 is 1.76 bits per heavy atom. The van der Waals surface area contributed by atoms with Crippen molar-refractivity contribution in [1.82, 2.24) is 25.1 Å². The highest BCUT2D eigenvalue weighted by Crippen LogP contribution is 2.31. The summed E-state index contributed by atoms with van der Waals surface area (Å²) in [5.74, 6) is -0.157. The predicted octanol–water partition coefficient (Wildman–Crippen LogP) is 6.13.